The van der Waals surface area contributed by atoms with E-state index in [1.807, 2.05) is 46.8 Å². The lowest BCUT2D eigenvalue weighted by atomic mass is 9.63. The standard InChI is InChI=1S/C30H34BrNO6/c1-7-9-38-28-18(31)10-17(11-23(28)37-8-2)25-26-19(12-29(3,4)14-21(26)33)32(16-24(35)36)20-13-30(5,6)15-22(34)27(20)25/h1,10-11,25H,8-9,12-16H2,2-6H3,(H,35,36). The summed E-state index contributed by atoms with van der Waals surface area (Å²) in [5.74, 6) is 1.59. The lowest BCUT2D eigenvalue weighted by molar-refractivity contribution is -0.138. The molecule has 0 saturated carbocycles. The van der Waals surface area contributed by atoms with Crippen LogP contribution in [0.15, 0.2) is 39.1 Å². The van der Waals surface area contributed by atoms with Gasteiger partial charge in [0.25, 0.3) is 0 Å². The van der Waals surface area contributed by atoms with Gasteiger partial charge in [0, 0.05) is 41.3 Å². The molecule has 1 aromatic rings. The van der Waals surface area contributed by atoms with Crippen LogP contribution >= 0.6 is 15.9 Å². The van der Waals surface area contributed by atoms with Crippen molar-refractivity contribution in [1.29, 1.82) is 0 Å². The van der Waals surface area contributed by atoms with Gasteiger partial charge in [0.15, 0.2) is 23.1 Å². The molecule has 0 atom stereocenters. The number of halogens is 1. The number of Topliss-reactive ketones (excluding diaryl/α,β-unsaturated/α-hetero) is 2. The van der Waals surface area contributed by atoms with E-state index in [2.05, 4.69) is 21.9 Å². The maximum atomic E-state index is 13.8. The molecule has 0 aromatic heterocycles. The highest BCUT2D eigenvalue weighted by molar-refractivity contribution is 9.10. The van der Waals surface area contributed by atoms with E-state index in [-0.39, 0.29) is 35.5 Å². The van der Waals surface area contributed by atoms with Crippen LogP contribution in [0.1, 0.15) is 71.8 Å². The van der Waals surface area contributed by atoms with Crippen LogP contribution in [0.5, 0.6) is 11.5 Å². The van der Waals surface area contributed by atoms with Gasteiger partial charge in [-0.2, -0.15) is 0 Å². The molecular weight excluding hydrogens is 550 g/mol. The smallest absolute Gasteiger partial charge is 0.323 e. The average molecular weight is 585 g/mol. The lowest BCUT2D eigenvalue weighted by Crippen LogP contribution is -2.45. The van der Waals surface area contributed by atoms with E-state index in [0.29, 0.717) is 76.4 Å². The van der Waals surface area contributed by atoms with Gasteiger partial charge in [-0.1, -0.05) is 33.6 Å². The van der Waals surface area contributed by atoms with Crippen molar-refractivity contribution in [2.75, 3.05) is 19.8 Å². The fourth-order valence-corrected chi connectivity index (χ4v) is 6.55. The highest BCUT2D eigenvalue weighted by Gasteiger charge is 2.49. The zero-order valence-electron chi connectivity index (χ0n) is 22.6. The molecule has 8 heteroatoms. The first-order valence-corrected chi connectivity index (χ1v) is 13.6. The van der Waals surface area contributed by atoms with Crippen LogP contribution in [0.2, 0.25) is 0 Å². The van der Waals surface area contributed by atoms with E-state index in [4.69, 9.17) is 15.9 Å². The number of carboxylic acids is 1. The van der Waals surface area contributed by atoms with Crippen LogP contribution in [0, 0.1) is 23.2 Å². The van der Waals surface area contributed by atoms with Crippen molar-refractivity contribution in [2.45, 2.75) is 66.2 Å². The number of terminal acetylenes is 1. The van der Waals surface area contributed by atoms with Gasteiger partial charge in [-0.3, -0.25) is 14.4 Å². The largest absolute Gasteiger partial charge is 0.490 e. The van der Waals surface area contributed by atoms with E-state index < -0.39 is 11.9 Å². The number of carboxylic acid groups (broad SMARTS) is 1. The van der Waals surface area contributed by atoms with Gasteiger partial charge in [-0.05, 0) is 64.2 Å². The topological polar surface area (TPSA) is 93.1 Å². The molecule has 7 nitrogen and oxygen atoms in total. The predicted molar refractivity (Wildman–Crippen MR) is 147 cm³/mol. The SMILES string of the molecule is C#CCOc1c(Br)cc(C2C3=C(CC(C)(C)CC3=O)N(CC(=O)O)C3=C2C(=O)CC(C)(C)C3)cc1OCC. The number of carbonyl (C=O) groups is 3. The molecule has 0 spiro atoms. The first kappa shape index (κ1) is 28.0. The van der Waals surface area contributed by atoms with Crippen molar-refractivity contribution in [2.24, 2.45) is 10.8 Å². The van der Waals surface area contributed by atoms with Crippen molar-refractivity contribution in [1.82, 2.24) is 4.90 Å². The number of hydrogen-bond donors (Lipinski definition) is 1. The Kier molecular flexibility index (Phi) is 7.55. The highest BCUT2D eigenvalue weighted by Crippen LogP contribution is 2.55. The molecule has 1 N–H and O–H groups in total. The Morgan fingerprint density at radius 3 is 2.08 bits per heavy atom. The average Bonchev–Trinajstić information content (AvgIpc) is 2.77. The second-order valence-corrected chi connectivity index (χ2v) is 12.6. The normalized spacial score (nSPS) is 20.6. The molecule has 0 radical (unpaired) electrons. The number of benzene rings is 1. The Morgan fingerprint density at radius 1 is 1.05 bits per heavy atom. The zero-order valence-corrected chi connectivity index (χ0v) is 24.2. The number of ketones is 2. The molecule has 1 heterocycles. The Morgan fingerprint density at radius 2 is 1.61 bits per heavy atom. The minimum absolute atomic E-state index is 0.0529. The Bertz CT molecular complexity index is 1260. The van der Waals surface area contributed by atoms with E-state index >= 15 is 0 Å². The zero-order chi connectivity index (χ0) is 28.0. The van der Waals surface area contributed by atoms with Crippen LogP contribution in [0.4, 0.5) is 0 Å². The number of carbonyl (C=O) groups excluding carboxylic acids is 2. The summed E-state index contributed by atoms with van der Waals surface area (Å²) in [6.07, 6.45) is 7.10. The molecule has 0 bridgehead atoms. The minimum Gasteiger partial charge on any atom is -0.490 e. The molecule has 3 aliphatic rings. The number of rotatable bonds is 7. The Balaban J connectivity index is 2.01. The minimum atomic E-state index is -1.01. The highest BCUT2D eigenvalue weighted by atomic mass is 79.9. The van der Waals surface area contributed by atoms with Gasteiger partial charge in [-0.15, -0.1) is 6.42 Å². The van der Waals surface area contributed by atoms with Gasteiger partial charge >= 0.3 is 5.97 Å². The summed E-state index contributed by atoms with van der Waals surface area (Å²) in [4.78, 5) is 41.4. The van der Waals surface area contributed by atoms with Gasteiger partial charge in [0.2, 0.25) is 0 Å². The maximum Gasteiger partial charge on any atom is 0.323 e. The van der Waals surface area contributed by atoms with Crippen LogP contribution in [0.3, 0.4) is 0 Å². The van der Waals surface area contributed by atoms with Crippen LogP contribution in [-0.4, -0.2) is 47.3 Å². The number of nitrogens with zero attached hydrogens (tertiary/aromatic N) is 1. The van der Waals surface area contributed by atoms with Gasteiger partial charge < -0.3 is 19.5 Å². The molecule has 1 aliphatic heterocycles. The van der Waals surface area contributed by atoms with E-state index in [1.165, 1.54) is 0 Å². The summed E-state index contributed by atoms with van der Waals surface area (Å²) >= 11 is 3.59. The number of aliphatic carboxylic acids is 1. The fourth-order valence-electron chi connectivity index (χ4n) is 5.98. The summed E-state index contributed by atoms with van der Waals surface area (Å²) in [5, 5.41) is 9.85. The number of ether oxygens (including phenoxy) is 2. The van der Waals surface area contributed by atoms with Gasteiger partial charge in [0.1, 0.15) is 13.2 Å². The van der Waals surface area contributed by atoms with Gasteiger partial charge in [-0.25, -0.2) is 0 Å². The molecule has 4 rings (SSSR count). The summed E-state index contributed by atoms with van der Waals surface area (Å²) in [5.41, 5.74) is 2.44. The van der Waals surface area contributed by atoms with E-state index in [0.717, 1.165) is 0 Å². The first-order valence-electron chi connectivity index (χ1n) is 12.8. The second kappa shape index (κ2) is 10.3. The third-order valence-electron chi connectivity index (χ3n) is 7.28. The maximum absolute atomic E-state index is 13.8. The molecule has 0 amide bonds. The molecule has 0 fully saturated rings. The molecular formula is C30H34BrNO6. The summed E-state index contributed by atoms with van der Waals surface area (Å²) in [7, 11) is 0. The van der Waals surface area contributed by atoms with Crippen molar-refractivity contribution < 1.29 is 29.0 Å². The Hall–Kier alpha value is -3.05. The third-order valence-corrected chi connectivity index (χ3v) is 7.87. The van der Waals surface area contributed by atoms with Gasteiger partial charge in [0.05, 0.1) is 11.1 Å². The summed E-state index contributed by atoms with van der Waals surface area (Å²) in [6, 6.07) is 3.66. The van der Waals surface area contributed by atoms with Crippen molar-refractivity contribution >= 4 is 33.5 Å². The third kappa shape index (κ3) is 5.26. The van der Waals surface area contributed by atoms with Crippen LogP contribution in [0.25, 0.3) is 0 Å². The van der Waals surface area contributed by atoms with E-state index in [9.17, 15) is 19.5 Å². The molecule has 0 saturated heterocycles. The second-order valence-electron chi connectivity index (χ2n) is 11.8. The molecule has 202 valence electrons. The molecule has 0 unspecified atom stereocenters. The van der Waals surface area contributed by atoms with Crippen molar-refractivity contribution in [3.8, 4) is 23.8 Å². The quantitative estimate of drug-likeness (QED) is 0.416. The molecule has 1 aromatic carbocycles. The predicted octanol–water partition coefficient (Wildman–Crippen LogP) is 5.63. The molecule has 38 heavy (non-hydrogen) atoms. The van der Waals surface area contributed by atoms with Crippen molar-refractivity contribution in [3.63, 3.8) is 0 Å². The van der Waals surface area contributed by atoms with E-state index in [1.54, 1.807) is 4.90 Å². The van der Waals surface area contributed by atoms with Crippen molar-refractivity contribution in [3.05, 3.63) is 44.7 Å². The summed E-state index contributed by atoms with van der Waals surface area (Å²) in [6.45, 7) is 10.1. The fraction of sp³-hybridized carbons (Fsp3) is 0.500. The number of hydrogen-bond acceptors (Lipinski definition) is 6. The number of allylic oxidation sites excluding steroid dienone is 4. The lowest BCUT2D eigenvalue weighted by Gasteiger charge is -2.48. The first-order chi connectivity index (χ1) is 17.8. The summed E-state index contributed by atoms with van der Waals surface area (Å²) < 4.78 is 12.2. The molecule has 2 aliphatic carbocycles. The Labute approximate surface area is 232 Å². The van der Waals surface area contributed by atoms with Crippen LogP contribution in [-0.2, 0) is 14.4 Å². The van der Waals surface area contributed by atoms with Crippen LogP contribution < -0.4 is 9.47 Å². The monoisotopic (exact) mass is 583 g/mol.